The smallest absolute Gasteiger partial charge is 0.142 e. The van der Waals surface area contributed by atoms with Crippen molar-refractivity contribution < 1.29 is 4.79 Å². The SMILES string of the molecule is O=C/C=C/c1cnn(-c2ccccc2)c1. The van der Waals surface area contributed by atoms with Crippen molar-refractivity contribution in [3.8, 4) is 5.69 Å². The van der Waals surface area contributed by atoms with Crippen LogP contribution in [0.5, 0.6) is 0 Å². The minimum Gasteiger partial charge on any atom is -0.299 e. The van der Waals surface area contributed by atoms with Gasteiger partial charge in [0.1, 0.15) is 6.29 Å². The molecule has 2 rings (SSSR count). The first kappa shape index (κ1) is 9.40. The lowest BCUT2D eigenvalue weighted by atomic mass is 10.3. The van der Waals surface area contributed by atoms with Crippen molar-refractivity contribution in [1.82, 2.24) is 9.78 Å². The average molecular weight is 198 g/mol. The molecule has 0 amide bonds. The van der Waals surface area contributed by atoms with Gasteiger partial charge >= 0.3 is 0 Å². The van der Waals surface area contributed by atoms with E-state index in [-0.39, 0.29) is 0 Å². The Hall–Kier alpha value is -2.16. The highest BCUT2D eigenvalue weighted by molar-refractivity contribution is 5.73. The van der Waals surface area contributed by atoms with Gasteiger partial charge in [0.25, 0.3) is 0 Å². The molecule has 0 saturated heterocycles. The summed E-state index contributed by atoms with van der Waals surface area (Å²) < 4.78 is 1.77. The second kappa shape index (κ2) is 4.37. The molecule has 1 aromatic carbocycles. The van der Waals surface area contributed by atoms with E-state index in [9.17, 15) is 4.79 Å². The predicted octanol–water partition coefficient (Wildman–Crippen LogP) is 2.08. The molecule has 15 heavy (non-hydrogen) atoms. The molecule has 3 nitrogen and oxygen atoms in total. The van der Waals surface area contributed by atoms with E-state index in [1.165, 1.54) is 6.08 Å². The number of nitrogens with zero attached hydrogens (tertiary/aromatic N) is 2. The van der Waals surface area contributed by atoms with Crippen LogP contribution in [0.1, 0.15) is 5.56 Å². The molecular weight excluding hydrogens is 188 g/mol. The topological polar surface area (TPSA) is 34.9 Å². The zero-order chi connectivity index (χ0) is 10.5. The van der Waals surface area contributed by atoms with Gasteiger partial charge in [0.15, 0.2) is 0 Å². The molecule has 0 fully saturated rings. The summed E-state index contributed by atoms with van der Waals surface area (Å²) in [6.07, 6.45) is 7.51. The monoisotopic (exact) mass is 198 g/mol. The number of rotatable bonds is 3. The highest BCUT2D eigenvalue weighted by Crippen LogP contribution is 2.08. The van der Waals surface area contributed by atoms with E-state index in [2.05, 4.69) is 5.10 Å². The largest absolute Gasteiger partial charge is 0.299 e. The Kier molecular flexibility index (Phi) is 2.74. The van der Waals surface area contributed by atoms with E-state index in [0.717, 1.165) is 17.5 Å². The third kappa shape index (κ3) is 2.20. The van der Waals surface area contributed by atoms with Crippen molar-refractivity contribution in [1.29, 1.82) is 0 Å². The Morgan fingerprint density at radius 2 is 2.00 bits per heavy atom. The van der Waals surface area contributed by atoms with E-state index in [0.29, 0.717) is 0 Å². The Morgan fingerprint density at radius 3 is 2.73 bits per heavy atom. The molecule has 3 heteroatoms. The molecule has 1 heterocycles. The lowest BCUT2D eigenvalue weighted by molar-refractivity contribution is -0.104. The number of aromatic nitrogens is 2. The summed E-state index contributed by atoms with van der Waals surface area (Å²) in [5, 5.41) is 4.19. The zero-order valence-electron chi connectivity index (χ0n) is 8.08. The Balaban J connectivity index is 2.28. The van der Waals surface area contributed by atoms with Crippen LogP contribution in [0, 0.1) is 0 Å². The fourth-order valence-corrected chi connectivity index (χ4v) is 1.30. The second-order valence-electron chi connectivity index (χ2n) is 3.05. The Bertz CT molecular complexity index is 471. The Morgan fingerprint density at radius 1 is 1.20 bits per heavy atom. The number of para-hydroxylation sites is 1. The van der Waals surface area contributed by atoms with E-state index in [1.807, 2.05) is 36.5 Å². The van der Waals surface area contributed by atoms with Crippen LogP contribution in [-0.4, -0.2) is 16.1 Å². The van der Waals surface area contributed by atoms with Crippen LogP contribution in [0.25, 0.3) is 11.8 Å². The molecule has 74 valence electrons. The lowest BCUT2D eigenvalue weighted by Crippen LogP contribution is -1.92. The molecule has 0 saturated carbocycles. The lowest BCUT2D eigenvalue weighted by Gasteiger charge is -1.98. The fourth-order valence-electron chi connectivity index (χ4n) is 1.30. The van der Waals surface area contributed by atoms with Crippen LogP contribution in [0.2, 0.25) is 0 Å². The normalized spacial score (nSPS) is 10.7. The summed E-state index contributed by atoms with van der Waals surface area (Å²) >= 11 is 0. The van der Waals surface area contributed by atoms with Gasteiger partial charge in [-0.2, -0.15) is 5.10 Å². The third-order valence-corrected chi connectivity index (χ3v) is 1.99. The molecule has 0 N–H and O–H groups in total. The van der Waals surface area contributed by atoms with Gasteiger partial charge in [-0.3, -0.25) is 4.79 Å². The molecule has 2 aromatic rings. The number of benzene rings is 1. The van der Waals surface area contributed by atoms with Gasteiger partial charge in [0.05, 0.1) is 11.9 Å². The summed E-state index contributed by atoms with van der Waals surface area (Å²) in [6.45, 7) is 0. The molecule has 0 unspecified atom stereocenters. The molecule has 1 aromatic heterocycles. The van der Waals surface area contributed by atoms with Crippen LogP contribution in [0.3, 0.4) is 0 Å². The van der Waals surface area contributed by atoms with Crippen molar-refractivity contribution in [2.75, 3.05) is 0 Å². The summed E-state index contributed by atoms with van der Waals surface area (Å²) in [5.41, 5.74) is 1.91. The first-order chi connectivity index (χ1) is 7.40. The number of allylic oxidation sites excluding steroid dienone is 1. The summed E-state index contributed by atoms with van der Waals surface area (Å²) in [4.78, 5) is 10.1. The van der Waals surface area contributed by atoms with Crippen molar-refractivity contribution >= 4 is 12.4 Å². The van der Waals surface area contributed by atoms with Crippen molar-refractivity contribution in [2.45, 2.75) is 0 Å². The molecule has 0 bridgehead atoms. The van der Waals surface area contributed by atoms with Gasteiger partial charge in [0.2, 0.25) is 0 Å². The first-order valence-corrected chi connectivity index (χ1v) is 4.62. The van der Waals surface area contributed by atoms with E-state index >= 15 is 0 Å². The summed E-state index contributed by atoms with van der Waals surface area (Å²) in [7, 11) is 0. The quantitative estimate of drug-likeness (QED) is 0.559. The number of hydrogen-bond acceptors (Lipinski definition) is 2. The van der Waals surface area contributed by atoms with Gasteiger partial charge in [-0.15, -0.1) is 0 Å². The maximum Gasteiger partial charge on any atom is 0.142 e. The average Bonchev–Trinajstić information content (AvgIpc) is 2.76. The van der Waals surface area contributed by atoms with E-state index in [4.69, 9.17) is 0 Å². The van der Waals surface area contributed by atoms with Crippen LogP contribution < -0.4 is 0 Å². The van der Waals surface area contributed by atoms with E-state index in [1.54, 1.807) is 17.0 Å². The van der Waals surface area contributed by atoms with Crippen molar-refractivity contribution in [3.05, 3.63) is 54.4 Å². The molecule has 0 aliphatic rings. The zero-order valence-corrected chi connectivity index (χ0v) is 8.08. The van der Waals surface area contributed by atoms with Gasteiger partial charge in [-0.05, 0) is 24.3 Å². The highest BCUT2D eigenvalue weighted by Gasteiger charge is 1.96. The minimum absolute atomic E-state index is 0.750. The molecule has 0 aliphatic carbocycles. The predicted molar refractivity (Wildman–Crippen MR) is 58.7 cm³/mol. The minimum atomic E-state index is 0.750. The number of carbonyl (C=O) groups is 1. The maximum atomic E-state index is 10.1. The van der Waals surface area contributed by atoms with E-state index < -0.39 is 0 Å². The van der Waals surface area contributed by atoms with Crippen molar-refractivity contribution in [2.24, 2.45) is 0 Å². The van der Waals surface area contributed by atoms with Crippen LogP contribution in [0.15, 0.2) is 48.8 Å². The standard InChI is InChI=1S/C12H10N2O/c15-8-4-5-11-9-13-14(10-11)12-6-2-1-3-7-12/h1-10H/b5-4+. The molecule has 0 spiro atoms. The van der Waals surface area contributed by atoms with Gasteiger partial charge < -0.3 is 0 Å². The van der Waals surface area contributed by atoms with Gasteiger partial charge in [-0.25, -0.2) is 4.68 Å². The Labute approximate surface area is 87.7 Å². The van der Waals surface area contributed by atoms with Crippen LogP contribution in [0.4, 0.5) is 0 Å². The van der Waals surface area contributed by atoms with Crippen LogP contribution >= 0.6 is 0 Å². The van der Waals surface area contributed by atoms with Crippen molar-refractivity contribution in [3.63, 3.8) is 0 Å². The summed E-state index contributed by atoms with van der Waals surface area (Å²) in [6, 6.07) is 9.82. The molecular formula is C12H10N2O. The molecule has 0 radical (unpaired) electrons. The number of hydrogen-bond donors (Lipinski definition) is 0. The first-order valence-electron chi connectivity index (χ1n) is 4.62. The van der Waals surface area contributed by atoms with Gasteiger partial charge in [-0.1, -0.05) is 18.2 Å². The third-order valence-electron chi connectivity index (χ3n) is 1.99. The fraction of sp³-hybridized carbons (Fsp3) is 0. The highest BCUT2D eigenvalue weighted by atomic mass is 16.1. The van der Waals surface area contributed by atoms with Gasteiger partial charge in [0, 0.05) is 11.8 Å². The number of aldehydes is 1. The number of carbonyl (C=O) groups excluding carboxylic acids is 1. The summed E-state index contributed by atoms with van der Waals surface area (Å²) in [5.74, 6) is 0. The molecule has 0 aliphatic heterocycles. The second-order valence-corrected chi connectivity index (χ2v) is 3.05. The maximum absolute atomic E-state index is 10.1. The van der Waals surface area contributed by atoms with Crippen LogP contribution in [-0.2, 0) is 4.79 Å². The molecule has 0 atom stereocenters.